The third-order valence-electron chi connectivity index (χ3n) is 6.09. The molecule has 198 valence electrons. The highest BCUT2D eigenvalue weighted by atomic mass is 35.5. The van der Waals surface area contributed by atoms with Crippen LogP contribution in [0.2, 0.25) is 5.02 Å². The number of aliphatic imine (C=N–C) groups is 1. The van der Waals surface area contributed by atoms with E-state index in [2.05, 4.69) is 34.0 Å². The van der Waals surface area contributed by atoms with Gasteiger partial charge in [-0.05, 0) is 62.4 Å². The zero-order valence-corrected chi connectivity index (χ0v) is 23.4. The normalized spacial score (nSPS) is 14.3. The van der Waals surface area contributed by atoms with Gasteiger partial charge in [-0.1, -0.05) is 35.6 Å². The average molecular weight is 558 g/mol. The number of rotatable bonds is 4. The number of aromatic amines is 1. The Kier molecular flexibility index (Phi) is 8.68. The van der Waals surface area contributed by atoms with E-state index in [0.29, 0.717) is 16.4 Å². The van der Waals surface area contributed by atoms with E-state index in [1.807, 2.05) is 38.1 Å². The van der Waals surface area contributed by atoms with Crippen molar-refractivity contribution in [2.24, 2.45) is 10.7 Å². The number of hydrogen-bond acceptors (Lipinski definition) is 6. The number of amidine groups is 2. The number of anilines is 1. The molecular formula is C29H28ClN7OS. The molecule has 3 aromatic rings. The molecule has 1 aliphatic heterocycles. The molecule has 0 fully saturated rings. The van der Waals surface area contributed by atoms with Gasteiger partial charge in [-0.15, -0.1) is 11.3 Å². The summed E-state index contributed by atoms with van der Waals surface area (Å²) in [4.78, 5) is 23.6. The van der Waals surface area contributed by atoms with E-state index in [9.17, 15) is 4.79 Å². The van der Waals surface area contributed by atoms with Crippen LogP contribution < -0.4 is 16.0 Å². The summed E-state index contributed by atoms with van der Waals surface area (Å²) in [5.74, 6) is 11.5. The largest absolute Gasteiger partial charge is 0.345 e. The second kappa shape index (κ2) is 12.1. The molecule has 0 saturated carbocycles. The van der Waals surface area contributed by atoms with Crippen molar-refractivity contribution >= 4 is 51.2 Å². The summed E-state index contributed by atoms with van der Waals surface area (Å²) < 4.78 is 0. The highest BCUT2D eigenvalue weighted by Crippen LogP contribution is 2.40. The second-order valence-electron chi connectivity index (χ2n) is 8.84. The minimum Gasteiger partial charge on any atom is -0.345 e. The molecule has 6 N–H and O–H groups in total. The molecular weight excluding hydrogens is 530 g/mol. The lowest BCUT2D eigenvalue weighted by Gasteiger charge is -2.24. The van der Waals surface area contributed by atoms with Crippen molar-refractivity contribution in [1.82, 2.24) is 10.3 Å². The summed E-state index contributed by atoms with van der Waals surface area (Å²) in [6, 6.07) is 10.2. The number of carbonyl (C=O) groups excluding carboxylic acids is 1. The molecule has 4 rings (SSSR count). The number of nitrogens with zero attached hydrogens (tertiary/aromatic N) is 2. The van der Waals surface area contributed by atoms with Crippen molar-refractivity contribution in [2.45, 2.75) is 33.2 Å². The van der Waals surface area contributed by atoms with Crippen LogP contribution in [0.4, 0.5) is 5.00 Å². The van der Waals surface area contributed by atoms with Gasteiger partial charge in [0.05, 0.1) is 36.6 Å². The lowest BCUT2D eigenvalue weighted by atomic mass is 9.99. The minimum absolute atomic E-state index is 0.0598. The van der Waals surface area contributed by atoms with Gasteiger partial charge in [0.2, 0.25) is 5.91 Å². The van der Waals surface area contributed by atoms with Crippen LogP contribution >= 0.6 is 22.9 Å². The number of H-pyrrole nitrogens is 1. The summed E-state index contributed by atoms with van der Waals surface area (Å²) in [7, 11) is 0. The zero-order valence-electron chi connectivity index (χ0n) is 21.8. The maximum atomic E-state index is 12.9. The molecule has 1 aromatic carbocycles. The molecule has 1 aliphatic rings. The number of hydrogen-bond donors (Lipinski definition) is 5. The van der Waals surface area contributed by atoms with Gasteiger partial charge in [0, 0.05) is 21.0 Å². The van der Waals surface area contributed by atoms with Gasteiger partial charge >= 0.3 is 0 Å². The Morgan fingerprint density at radius 3 is 2.49 bits per heavy atom. The van der Waals surface area contributed by atoms with E-state index in [1.165, 1.54) is 11.3 Å². The number of halogens is 1. The Balaban J connectivity index is 1.59. The van der Waals surface area contributed by atoms with Crippen LogP contribution in [0.3, 0.4) is 0 Å². The van der Waals surface area contributed by atoms with Crippen molar-refractivity contribution in [3.8, 4) is 23.7 Å². The topological polar surface area (TPSA) is 134 Å². The lowest BCUT2D eigenvalue weighted by molar-refractivity contribution is -0.120. The molecule has 8 nitrogen and oxygen atoms in total. The fourth-order valence-corrected chi connectivity index (χ4v) is 5.45. The quantitative estimate of drug-likeness (QED) is 0.187. The van der Waals surface area contributed by atoms with Gasteiger partial charge < -0.3 is 16.0 Å². The van der Waals surface area contributed by atoms with Gasteiger partial charge in [0.15, 0.2) is 0 Å². The summed E-state index contributed by atoms with van der Waals surface area (Å²) in [6.45, 7) is 6.08. The molecule has 1 atom stereocenters. The van der Waals surface area contributed by atoms with Crippen LogP contribution in [0.15, 0.2) is 41.4 Å². The summed E-state index contributed by atoms with van der Waals surface area (Å²) in [5, 5.41) is 21.6. The maximum absolute atomic E-state index is 12.9. The Labute approximate surface area is 236 Å². The molecule has 0 radical (unpaired) electrons. The van der Waals surface area contributed by atoms with Gasteiger partial charge in [0.1, 0.15) is 22.7 Å². The molecule has 1 amide bonds. The number of carbonyl (C=O) groups is 1. The van der Waals surface area contributed by atoms with Crippen molar-refractivity contribution < 1.29 is 4.79 Å². The molecule has 0 bridgehead atoms. The third kappa shape index (κ3) is 6.30. The van der Waals surface area contributed by atoms with Gasteiger partial charge in [-0.25, -0.2) is 0 Å². The van der Waals surface area contributed by atoms with Crippen LogP contribution in [0, 0.1) is 48.3 Å². The van der Waals surface area contributed by atoms with Crippen LogP contribution in [-0.2, 0) is 4.79 Å². The number of nitrogens with two attached hydrogens (primary N) is 1. The van der Waals surface area contributed by atoms with Crippen molar-refractivity contribution in [3.63, 3.8) is 0 Å². The predicted octanol–water partition coefficient (Wildman–Crippen LogP) is 4.22. The first-order chi connectivity index (χ1) is 18.7. The van der Waals surface area contributed by atoms with Gasteiger partial charge in [0.25, 0.3) is 0 Å². The van der Waals surface area contributed by atoms with Crippen LogP contribution in [-0.4, -0.2) is 47.4 Å². The van der Waals surface area contributed by atoms with E-state index in [4.69, 9.17) is 33.1 Å². The van der Waals surface area contributed by atoms with Gasteiger partial charge in [-0.3, -0.25) is 25.5 Å². The summed E-state index contributed by atoms with van der Waals surface area (Å²) >= 11 is 7.65. The van der Waals surface area contributed by atoms with Crippen LogP contribution in [0.1, 0.15) is 46.3 Å². The van der Waals surface area contributed by atoms with Crippen molar-refractivity contribution in [3.05, 3.63) is 74.4 Å². The Morgan fingerprint density at radius 1 is 1.18 bits per heavy atom. The van der Waals surface area contributed by atoms with E-state index in [0.717, 1.165) is 32.3 Å². The van der Waals surface area contributed by atoms with E-state index in [-0.39, 0.29) is 37.1 Å². The Bertz CT molecular complexity index is 1590. The first-order valence-electron chi connectivity index (χ1n) is 12.2. The SMILES string of the molecule is CC(=N)N1C(=N)[C@H](CC(=O)NCC#Cc2ccc(C#CCN)[nH]2)N=C(c2ccc(Cl)cc2)c2c1sc(C)c2C. The number of thiophene rings is 1. The molecule has 10 heteroatoms. The van der Waals surface area contributed by atoms with E-state index in [1.54, 1.807) is 24.0 Å². The Morgan fingerprint density at radius 2 is 1.85 bits per heavy atom. The summed E-state index contributed by atoms with van der Waals surface area (Å²) in [6.07, 6.45) is -0.0598. The minimum atomic E-state index is -0.796. The standard InChI is InChI=1S/C29H28ClN7OS/c1-17-18(2)39-29-26(17)27(20-8-10-21(30)11-9-20)36-24(28(33)37(29)19(3)32)16-25(38)34-15-5-7-23-13-12-22(35-23)6-4-14-31/h8-13,24,32-33,35H,14-16,31H2,1-3H3,(H,34,38)/t24-/m0/s1. The molecule has 0 spiro atoms. The fourth-order valence-electron chi connectivity index (χ4n) is 4.10. The number of amides is 1. The number of aromatic nitrogens is 1. The first-order valence-corrected chi connectivity index (χ1v) is 13.4. The monoisotopic (exact) mass is 557 g/mol. The molecule has 3 heterocycles. The first kappa shape index (κ1) is 27.9. The number of fused-ring (bicyclic) bond motifs is 1. The number of aryl methyl sites for hydroxylation is 1. The number of benzene rings is 1. The highest BCUT2D eigenvalue weighted by molar-refractivity contribution is 7.17. The highest BCUT2D eigenvalue weighted by Gasteiger charge is 2.34. The molecule has 0 aliphatic carbocycles. The molecule has 2 aromatic heterocycles. The fraction of sp³-hybridized carbons (Fsp3) is 0.241. The maximum Gasteiger partial charge on any atom is 0.223 e. The summed E-state index contributed by atoms with van der Waals surface area (Å²) in [5.41, 5.74) is 10.2. The van der Waals surface area contributed by atoms with Crippen molar-refractivity contribution in [1.29, 1.82) is 10.8 Å². The van der Waals surface area contributed by atoms with E-state index >= 15 is 0 Å². The zero-order chi connectivity index (χ0) is 28.1. The average Bonchev–Trinajstić information content (AvgIpc) is 3.44. The van der Waals surface area contributed by atoms with E-state index < -0.39 is 6.04 Å². The molecule has 0 saturated heterocycles. The number of nitrogens with one attached hydrogen (secondary N) is 4. The molecule has 0 unspecified atom stereocenters. The molecule has 39 heavy (non-hydrogen) atoms. The van der Waals surface area contributed by atoms with Crippen molar-refractivity contribution in [2.75, 3.05) is 18.0 Å². The smallest absolute Gasteiger partial charge is 0.223 e. The Hall–Kier alpha value is -4.15. The second-order valence-corrected chi connectivity index (χ2v) is 10.5. The third-order valence-corrected chi connectivity index (χ3v) is 7.53. The lowest BCUT2D eigenvalue weighted by Crippen LogP contribution is -2.42. The van der Waals surface area contributed by atoms with Crippen LogP contribution in [0.25, 0.3) is 0 Å². The van der Waals surface area contributed by atoms with Crippen LogP contribution in [0.5, 0.6) is 0 Å². The van der Waals surface area contributed by atoms with Gasteiger partial charge in [-0.2, -0.15) is 0 Å². The predicted molar refractivity (Wildman–Crippen MR) is 160 cm³/mol.